The molecule has 0 fully saturated rings. The summed E-state index contributed by atoms with van der Waals surface area (Å²) in [5.41, 5.74) is 5.70. The van der Waals surface area contributed by atoms with Gasteiger partial charge < -0.3 is 25.6 Å². The first kappa shape index (κ1) is 16.3. The van der Waals surface area contributed by atoms with E-state index < -0.39 is 11.9 Å². The highest BCUT2D eigenvalue weighted by Gasteiger charge is 2.14. The fourth-order valence-corrected chi connectivity index (χ4v) is 1.81. The minimum atomic E-state index is -0.556. The van der Waals surface area contributed by atoms with Crippen molar-refractivity contribution in [3.8, 4) is 5.75 Å². The van der Waals surface area contributed by atoms with Crippen molar-refractivity contribution in [3.63, 3.8) is 0 Å². The Morgan fingerprint density at radius 1 is 1.39 bits per heavy atom. The predicted octanol–water partition coefficient (Wildman–Crippen LogP) is 1.29. The van der Waals surface area contributed by atoms with Crippen LogP contribution in [0.25, 0.3) is 0 Å². The van der Waals surface area contributed by atoms with Gasteiger partial charge in [0.2, 0.25) is 5.91 Å². The van der Waals surface area contributed by atoms with Crippen molar-refractivity contribution < 1.29 is 18.8 Å². The SMILES string of the molecule is Cc1cc(NC(=O)C(C)Nc2cccc(OCC(N)=O)c2)no1. The number of aromatic nitrogens is 1. The Bertz CT molecular complexity index is 698. The third kappa shape index (κ3) is 5.03. The molecule has 1 atom stereocenters. The van der Waals surface area contributed by atoms with Gasteiger partial charge in [-0.3, -0.25) is 9.59 Å². The van der Waals surface area contributed by atoms with Crippen molar-refractivity contribution in [1.29, 1.82) is 0 Å². The molecule has 0 aliphatic heterocycles. The van der Waals surface area contributed by atoms with Crippen LogP contribution in [0.4, 0.5) is 11.5 Å². The van der Waals surface area contributed by atoms with Crippen LogP contribution in [-0.4, -0.2) is 29.6 Å². The minimum Gasteiger partial charge on any atom is -0.484 e. The van der Waals surface area contributed by atoms with E-state index in [0.717, 1.165) is 0 Å². The molecule has 0 aliphatic rings. The first-order valence-corrected chi connectivity index (χ1v) is 6.96. The van der Waals surface area contributed by atoms with Crippen molar-refractivity contribution in [1.82, 2.24) is 5.16 Å². The zero-order valence-corrected chi connectivity index (χ0v) is 12.8. The largest absolute Gasteiger partial charge is 0.484 e. The highest BCUT2D eigenvalue weighted by Crippen LogP contribution is 2.18. The summed E-state index contributed by atoms with van der Waals surface area (Å²) in [5.74, 6) is 0.634. The zero-order valence-electron chi connectivity index (χ0n) is 12.8. The number of carbonyl (C=O) groups excluding carboxylic acids is 2. The number of ether oxygens (including phenoxy) is 1. The first-order chi connectivity index (χ1) is 10.9. The number of amides is 2. The van der Waals surface area contributed by atoms with E-state index in [-0.39, 0.29) is 12.5 Å². The smallest absolute Gasteiger partial charge is 0.255 e. The number of hydrogen-bond donors (Lipinski definition) is 3. The lowest BCUT2D eigenvalue weighted by atomic mass is 10.2. The summed E-state index contributed by atoms with van der Waals surface area (Å²) in [6.07, 6.45) is 0. The van der Waals surface area contributed by atoms with Gasteiger partial charge in [-0.05, 0) is 26.0 Å². The molecule has 0 saturated heterocycles. The van der Waals surface area contributed by atoms with Crippen molar-refractivity contribution in [2.75, 3.05) is 17.2 Å². The second-order valence-electron chi connectivity index (χ2n) is 4.96. The Morgan fingerprint density at radius 3 is 2.83 bits per heavy atom. The summed E-state index contributed by atoms with van der Waals surface area (Å²) in [6.45, 7) is 3.24. The van der Waals surface area contributed by atoms with Gasteiger partial charge in [0.25, 0.3) is 5.91 Å². The van der Waals surface area contributed by atoms with Gasteiger partial charge in [0.1, 0.15) is 17.6 Å². The molecule has 2 rings (SSSR count). The standard InChI is InChI=1S/C15H18N4O4/c1-9-6-14(19-23-9)18-15(21)10(2)17-11-4-3-5-12(7-11)22-8-13(16)20/h3-7,10,17H,8H2,1-2H3,(H2,16,20)(H,18,19,21). The normalized spacial score (nSPS) is 11.6. The molecule has 1 aromatic carbocycles. The number of nitrogens with zero attached hydrogens (tertiary/aromatic N) is 1. The lowest BCUT2D eigenvalue weighted by Gasteiger charge is -2.15. The average molecular weight is 318 g/mol. The van der Waals surface area contributed by atoms with E-state index in [1.165, 1.54) is 0 Å². The second-order valence-corrected chi connectivity index (χ2v) is 4.96. The number of hydrogen-bond acceptors (Lipinski definition) is 6. The Morgan fingerprint density at radius 2 is 2.17 bits per heavy atom. The summed E-state index contributed by atoms with van der Waals surface area (Å²) < 4.78 is 10.1. The highest BCUT2D eigenvalue weighted by atomic mass is 16.5. The van der Waals surface area contributed by atoms with Gasteiger partial charge in [0.05, 0.1) is 0 Å². The lowest BCUT2D eigenvalue weighted by Crippen LogP contribution is -2.32. The van der Waals surface area contributed by atoms with Gasteiger partial charge in [-0.2, -0.15) is 0 Å². The molecule has 0 spiro atoms. The van der Waals surface area contributed by atoms with Crippen LogP contribution in [0.3, 0.4) is 0 Å². The number of benzene rings is 1. The summed E-state index contributed by atoms with van der Waals surface area (Å²) in [4.78, 5) is 22.8. The molecule has 0 bridgehead atoms. The van der Waals surface area contributed by atoms with Crippen LogP contribution in [0.2, 0.25) is 0 Å². The van der Waals surface area contributed by atoms with Gasteiger partial charge in [-0.25, -0.2) is 0 Å². The fourth-order valence-electron chi connectivity index (χ4n) is 1.81. The van der Waals surface area contributed by atoms with Gasteiger partial charge in [0, 0.05) is 17.8 Å². The highest BCUT2D eigenvalue weighted by molar-refractivity contribution is 5.95. The van der Waals surface area contributed by atoms with Gasteiger partial charge in [-0.1, -0.05) is 11.2 Å². The maximum Gasteiger partial charge on any atom is 0.255 e. The molecule has 0 radical (unpaired) electrons. The fraction of sp³-hybridized carbons (Fsp3) is 0.267. The summed E-state index contributed by atoms with van der Waals surface area (Å²) in [5, 5.41) is 9.37. The quantitative estimate of drug-likeness (QED) is 0.707. The van der Waals surface area contributed by atoms with E-state index in [1.54, 1.807) is 44.2 Å². The molecule has 1 aromatic heterocycles. The second kappa shape index (κ2) is 7.30. The summed E-state index contributed by atoms with van der Waals surface area (Å²) >= 11 is 0. The minimum absolute atomic E-state index is 0.203. The molecule has 4 N–H and O–H groups in total. The molecular weight excluding hydrogens is 300 g/mol. The van der Waals surface area contributed by atoms with Crippen LogP contribution >= 0.6 is 0 Å². The molecule has 8 nitrogen and oxygen atoms in total. The number of nitrogens with two attached hydrogens (primary N) is 1. The van der Waals surface area contributed by atoms with Crippen LogP contribution < -0.4 is 21.1 Å². The summed E-state index contributed by atoms with van der Waals surface area (Å²) in [6, 6.07) is 8.00. The topological polar surface area (TPSA) is 119 Å². The third-order valence-corrected chi connectivity index (χ3v) is 2.87. The molecule has 2 amide bonds. The number of nitrogens with one attached hydrogen (secondary N) is 2. The Labute approximate surface area is 133 Å². The average Bonchev–Trinajstić information content (AvgIpc) is 2.90. The van der Waals surface area contributed by atoms with Gasteiger partial charge in [-0.15, -0.1) is 0 Å². The van der Waals surface area contributed by atoms with Crippen LogP contribution in [0.1, 0.15) is 12.7 Å². The molecule has 0 aliphatic carbocycles. The van der Waals surface area contributed by atoms with Crippen molar-refractivity contribution >= 4 is 23.3 Å². The molecule has 8 heteroatoms. The van der Waals surface area contributed by atoms with E-state index in [1.807, 2.05) is 0 Å². The number of anilines is 2. The lowest BCUT2D eigenvalue weighted by molar-refractivity contribution is -0.120. The van der Waals surface area contributed by atoms with Crippen molar-refractivity contribution in [2.24, 2.45) is 5.73 Å². The maximum atomic E-state index is 12.1. The van der Waals surface area contributed by atoms with E-state index >= 15 is 0 Å². The molecule has 1 unspecified atom stereocenters. The molecule has 2 aromatic rings. The predicted molar refractivity (Wildman–Crippen MR) is 84.1 cm³/mol. The Kier molecular flexibility index (Phi) is 5.19. The van der Waals surface area contributed by atoms with Crippen LogP contribution in [0.15, 0.2) is 34.9 Å². The molecule has 23 heavy (non-hydrogen) atoms. The number of carbonyl (C=O) groups is 2. The van der Waals surface area contributed by atoms with Crippen molar-refractivity contribution in [2.45, 2.75) is 19.9 Å². The van der Waals surface area contributed by atoms with Crippen LogP contribution in [0, 0.1) is 6.92 Å². The van der Waals surface area contributed by atoms with Crippen LogP contribution in [0.5, 0.6) is 5.75 Å². The molecule has 0 saturated carbocycles. The van der Waals surface area contributed by atoms with E-state index in [9.17, 15) is 9.59 Å². The molecule has 1 heterocycles. The van der Waals surface area contributed by atoms with E-state index in [4.69, 9.17) is 15.0 Å². The maximum absolute atomic E-state index is 12.1. The number of primary amides is 1. The monoisotopic (exact) mass is 318 g/mol. The zero-order chi connectivity index (χ0) is 16.8. The molecular formula is C15H18N4O4. The van der Waals surface area contributed by atoms with Crippen LogP contribution in [-0.2, 0) is 9.59 Å². The summed E-state index contributed by atoms with van der Waals surface area (Å²) in [7, 11) is 0. The number of rotatable bonds is 7. The van der Waals surface area contributed by atoms with Gasteiger partial charge >= 0.3 is 0 Å². The van der Waals surface area contributed by atoms with Gasteiger partial charge in [0.15, 0.2) is 12.4 Å². The molecule has 122 valence electrons. The van der Waals surface area contributed by atoms with E-state index in [2.05, 4.69) is 15.8 Å². The Balaban J connectivity index is 1.93. The van der Waals surface area contributed by atoms with Crippen molar-refractivity contribution in [3.05, 3.63) is 36.1 Å². The first-order valence-electron chi connectivity index (χ1n) is 6.96. The number of aryl methyl sites for hydroxylation is 1. The Hall–Kier alpha value is -3.03. The van der Waals surface area contributed by atoms with E-state index in [0.29, 0.717) is 23.0 Å². The third-order valence-electron chi connectivity index (χ3n) is 2.87.